The number of carboxylic acids is 1. The average molecular weight is 280 g/mol. The van der Waals surface area contributed by atoms with E-state index in [-0.39, 0.29) is 12.5 Å². The third kappa shape index (κ3) is 4.79. The third-order valence-electron chi connectivity index (χ3n) is 2.93. The van der Waals surface area contributed by atoms with Crippen LogP contribution in [0.25, 0.3) is 0 Å². The molecule has 1 aromatic carbocycles. The second-order valence-electron chi connectivity index (χ2n) is 4.76. The number of rotatable bonds is 6. The van der Waals surface area contributed by atoms with Crippen molar-refractivity contribution in [2.45, 2.75) is 13.8 Å². The molecule has 2 amide bonds. The van der Waals surface area contributed by atoms with Gasteiger partial charge in [0.15, 0.2) is 0 Å². The molecule has 3 N–H and O–H groups in total. The number of hydrogen-bond acceptors (Lipinski definition) is 3. The molecular formula is C14H20N2O4. The van der Waals surface area contributed by atoms with E-state index < -0.39 is 17.9 Å². The fourth-order valence-electron chi connectivity index (χ4n) is 1.69. The zero-order valence-electron chi connectivity index (χ0n) is 11.8. The molecule has 1 unspecified atom stereocenters. The van der Waals surface area contributed by atoms with E-state index in [0.29, 0.717) is 11.4 Å². The van der Waals surface area contributed by atoms with Crippen LogP contribution in [0, 0.1) is 11.8 Å². The minimum absolute atomic E-state index is 0.0513. The fourth-order valence-corrected chi connectivity index (χ4v) is 1.69. The number of carbonyl (C=O) groups excluding carboxylic acids is 1. The minimum Gasteiger partial charge on any atom is -0.497 e. The third-order valence-corrected chi connectivity index (χ3v) is 2.93. The number of methoxy groups -OCH3 is 1. The van der Waals surface area contributed by atoms with Crippen LogP contribution in [0.5, 0.6) is 5.75 Å². The normalized spacial score (nSPS) is 11.8. The maximum Gasteiger partial charge on any atom is 0.319 e. The molecule has 0 saturated heterocycles. The van der Waals surface area contributed by atoms with Crippen molar-refractivity contribution in [1.29, 1.82) is 0 Å². The van der Waals surface area contributed by atoms with Crippen LogP contribution in [-0.2, 0) is 4.79 Å². The van der Waals surface area contributed by atoms with Gasteiger partial charge in [0.05, 0.1) is 13.0 Å². The van der Waals surface area contributed by atoms with Crippen molar-refractivity contribution in [2.75, 3.05) is 19.0 Å². The lowest BCUT2D eigenvalue weighted by Gasteiger charge is -2.17. The van der Waals surface area contributed by atoms with E-state index in [1.807, 2.05) is 0 Å². The molecule has 0 aliphatic heterocycles. The van der Waals surface area contributed by atoms with Crippen LogP contribution in [0.1, 0.15) is 13.8 Å². The van der Waals surface area contributed by atoms with Gasteiger partial charge in [0.25, 0.3) is 0 Å². The standard InChI is InChI=1S/C14H20N2O4/c1-9(2)12(13(17)18)8-15-14(19)16-10-5-4-6-11(7-10)20-3/h4-7,9,12H,8H2,1-3H3,(H,17,18)(H2,15,16,19). The SMILES string of the molecule is COc1cccc(NC(=O)NCC(C(=O)O)C(C)C)c1. The van der Waals surface area contributed by atoms with E-state index in [1.54, 1.807) is 45.2 Å². The van der Waals surface area contributed by atoms with Gasteiger partial charge in [-0.15, -0.1) is 0 Å². The van der Waals surface area contributed by atoms with Gasteiger partial charge in [-0.1, -0.05) is 19.9 Å². The summed E-state index contributed by atoms with van der Waals surface area (Å²) < 4.78 is 5.05. The molecule has 20 heavy (non-hydrogen) atoms. The Morgan fingerprint density at radius 1 is 1.35 bits per heavy atom. The highest BCUT2D eigenvalue weighted by molar-refractivity contribution is 5.89. The Morgan fingerprint density at radius 3 is 2.60 bits per heavy atom. The lowest BCUT2D eigenvalue weighted by atomic mass is 9.96. The Balaban J connectivity index is 2.53. The summed E-state index contributed by atoms with van der Waals surface area (Å²) in [6, 6.07) is 6.48. The Morgan fingerprint density at radius 2 is 2.05 bits per heavy atom. The number of amides is 2. The van der Waals surface area contributed by atoms with Crippen molar-refractivity contribution in [3.8, 4) is 5.75 Å². The molecule has 0 saturated carbocycles. The van der Waals surface area contributed by atoms with E-state index in [0.717, 1.165) is 0 Å². The average Bonchev–Trinajstić information content (AvgIpc) is 2.38. The molecule has 1 atom stereocenters. The number of aliphatic carboxylic acids is 1. The first kappa shape index (κ1) is 15.8. The van der Waals surface area contributed by atoms with Crippen LogP contribution >= 0.6 is 0 Å². The van der Waals surface area contributed by atoms with Gasteiger partial charge in [-0.2, -0.15) is 0 Å². The number of urea groups is 1. The molecular weight excluding hydrogens is 260 g/mol. The van der Waals surface area contributed by atoms with Gasteiger partial charge in [0.1, 0.15) is 5.75 Å². The van der Waals surface area contributed by atoms with Crippen LogP contribution in [0.3, 0.4) is 0 Å². The van der Waals surface area contributed by atoms with Crippen molar-refractivity contribution < 1.29 is 19.4 Å². The first-order chi connectivity index (χ1) is 9.43. The Labute approximate surface area is 118 Å². The van der Waals surface area contributed by atoms with Gasteiger partial charge in [-0.05, 0) is 18.1 Å². The number of benzene rings is 1. The molecule has 110 valence electrons. The van der Waals surface area contributed by atoms with E-state index in [9.17, 15) is 9.59 Å². The lowest BCUT2D eigenvalue weighted by molar-refractivity contribution is -0.142. The van der Waals surface area contributed by atoms with Crippen molar-refractivity contribution in [2.24, 2.45) is 11.8 Å². The quantitative estimate of drug-likeness (QED) is 0.745. The fraction of sp³-hybridized carbons (Fsp3) is 0.429. The molecule has 0 aliphatic rings. The number of hydrogen-bond donors (Lipinski definition) is 3. The monoisotopic (exact) mass is 280 g/mol. The minimum atomic E-state index is -0.915. The Kier molecular flexibility index (Phi) is 5.83. The van der Waals surface area contributed by atoms with E-state index in [2.05, 4.69) is 10.6 Å². The van der Waals surface area contributed by atoms with Crippen LogP contribution in [0.2, 0.25) is 0 Å². The highest BCUT2D eigenvalue weighted by Gasteiger charge is 2.21. The predicted molar refractivity (Wildman–Crippen MR) is 76.0 cm³/mol. The summed E-state index contributed by atoms with van der Waals surface area (Å²) in [6.07, 6.45) is 0. The summed E-state index contributed by atoms with van der Waals surface area (Å²) >= 11 is 0. The lowest BCUT2D eigenvalue weighted by Crippen LogP contribution is -2.37. The summed E-state index contributed by atoms with van der Waals surface area (Å²) in [5.41, 5.74) is 0.582. The maximum absolute atomic E-state index is 11.7. The van der Waals surface area contributed by atoms with Gasteiger partial charge in [0, 0.05) is 18.3 Å². The Bertz CT molecular complexity index is 474. The van der Waals surface area contributed by atoms with Crippen LogP contribution in [0.4, 0.5) is 10.5 Å². The molecule has 0 radical (unpaired) electrons. The highest BCUT2D eigenvalue weighted by Crippen LogP contribution is 2.16. The molecule has 0 aliphatic carbocycles. The molecule has 0 fully saturated rings. The topological polar surface area (TPSA) is 87.7 Å². The number of carbonyl (C=O) groups is 2. The van der Waals surface area contributed by atoms with Crippen LogP contribution < -0.4 is 15.4 Å². The summed E-state index contributed by atoms with van der Waals surface area (Å²) in [6.45, 7) is 3.70. The molecule has 0 spiro atoms. The van der Waals surface area contributed by atoms with Crippen molar-refractivity contribution >= 4 is 17.7 Å². The van der Waals surface area contributed by atoms with E-state index in [1.165, 1.54) is 0 Å². The predicted octanol–water partition coefficient (Wildman–Crippen LogP) is 2.17. The first-order valence-corrected chi connectivity index (χ1v) is 6.35. The van der Waals surface area contributed by atoms with Crippen molar-refractivity contribution in [3.63, 3.8) is 0 Å². The Hall–Kier alpha value is -2.24. The van der Waals surface area contributed by atoms with Crippen molar-refractivity contribution in [3.05, 3.63) is 24.3 Å². The molecule has 0 aromatic heterocycles. The molecule has 0 bridgehead atoms. The van der Waals surface area contributed by atoms with Crippen LogP contribution in [-0.4, -0.2) is 30.8 Å². The number of carboxylic acid groups (broad SMARTS) is 1. The maximum atomic E-state index is 11.7. The van der Waals surface area contributed by atoms with Crippen LogP contribution in [0.15, 0.2) is 24.3 Å². The molecule has 6 heteroatoms. The number of nitrogens with one attached hydrogen (secondary N) is 2. The molecule has 1 aromatic rings. The zero-order chi connectivity index (χ0) is 15.1. The number of ether oxygens (including phenoxy) is 1. The number of anilines is 1. The first-order valence-electron chi connectivity index (χ1n) is 6.35. The highest BCUT2D eigenvalue weighted by atomic mass is 16.5. The second-order valence-corrected chi connectivity index (χ2v) is 4.76. The van der Waals surface area contributed by atoms with Gasteiger partial charge in [-0.3, -0.25) is 4.79 Å². The van der Waals surface area contributed by atoms with Gasteiger partial charge in [-0.25, -0.2) is 4.79 Å². The summed E-state index contributed by atoms with van der Waals surface area (Å²) in [7, 11) is 1.54. The zero-order valence-corrected chi connectivity index (χ0v) is 11.8. The molecule has 6 nitrogen and oxygen atoms in total. The summed E-state index contributed by atoms with van der Waals surface area (Å²) in [5, 5.41) is 14.2. The smallest absolute Gasteiger partial charge is 0.319 e. The second kappa shape index (κ2) is 7.37. The summed E-state index contributed by atoms with van der Waals surface area (Å²) in [5.74, 6) is -0.939. The summed E-state index contributed by atoms with van der Waals surface area (Å²) in [4.78, 5) is 22.7. The van der Waals surface area contributed by atoms with Gasteiger partial charge < -0.3 is 20.5 Å². The molecule has 0 heterocycles. The van der Waals surface area contributed by atoms with Gasteiger partial charge in [0.2, 0.25) is 0 Å². The molecule has 1 rings (SSSR count). The van der Waals surface area contributed by atoms with E-state index >= 15 is 0 Å². The van der Waals surface area contributed by atoms with Crippen molar-refractivity contribution in [1.82, 2.24) is 5.32 Å². The van der Waals surface area contributed by atoms with E-state index in [4.69, 9.17) is 9.84 Å². The largest absolute Gasteiger partial charge is 0.497 e. The van der Waals surface area contributed by atoms with Gasteiger partial charge >= 0.3 is 12.0 Å².